The largest absolute Gasteiger partial charge is 0.381 e. The van der Waals surface area contributed by atoms with Crippen molar-refractivity contribution in [3.8, 4) is 6.07 Å². The number of benzene rings is 1. The molecule has 21 heavy (non-hydrogen) atoms. The minimum atomic E-state index is -0.187. The smallest absolute Gasteiger partial charge is 0.241 e. The van der Waals surface area contributed by atoms with Gasteiger partial charge in [-0.05, 0) is 38.0 Å². The first-order valence-corrected chi connectivity index (χ1v) is 7.22. The van der Waals surface area contributed by atoms with Crippen LogP contribution in [0, 0.1) is 11.3 Å². The first-order chi connectivity index (χ1) is 10.1. The second-order valence-corrected chi connectivity index (χ2v) is 5.33. The summed E-state index contributed by atoms with van der Waals surface area (Å²) in [6.45, 7) is 3.65. The summed E-state index contributed by atoms with van der Waals surface area (Å²) in [6, 6.07) is 8.84. The van der Waals surface area contributed by atoms with Crippen molar-refractivity contribution >= 4 is 11.6 Å². The highest BCUT2D eigenvalue weighted by atomic mass is 16.5. The van der Waals surface area contributed by atoms with Gasteiger partial charge in [-0.25, -0.2) is 0 Å². The maximum absolute atomic E-state index is 12.3. The number of carbonyl (C=O) groups excluding carboxylic acids is 1. The lowest BCUT2D eigenvalue weighted by Crippen LogP contribution is -2.47. The van der Waals surface area contributed by atoms with E-state index in [4.69, 9.17) is 10.00 Å². The average Bonchev–Trinajstić information content (AvgIpc) is 2.54. The van der Waals surface area contributed by atoms with Gasteiger partial charge in [0.15, 0.2) is 0 Å². The number of anilines is 1. The van der Waals surface area contributed by atoms with Gasteiger partial charge >= 0.3 is 0 Å². The maximum atomic E-state index is 12.3. The predicted octanol–water partition coefficient (Wildman–Crippen LogP) is 2.00. The van der Waals surface area contributed by atoms with Crippen LogP contribution in [0.4, 0.5) is 5.69 Å². The van der Waals surface area contributed by atoms with Gasteiger partial charge in [0.25, 0.3) is 0 Å². The van der Waals surface area contributed by atoms with Gasteiger partial charge in [-0.2, -0.15) is 5.26 Å². The summed E-state index contributed by atoms with van der Waals surface area (Å²) in [7, 11) is 1.73. The maximum Gasteiger partial charge on any atom is 0.241 e. The molecule has 1 aliphatic rings. The summed E-state index contributed by atoms with van der Waals surface area (Å²) >= 11 is 0. The van der Waals surface area contributed by atoms with E-state index in [1.807, 2.05) is 6.92 Å². The molecule has 112 valence electrons. The fourth-order valence-corrected chi connectivity index (χ4v) is 2.58. The van der Waals surface area contributed by atoms with Crippen LogP contribution in [-0.4, -0.2) is 43.2 Å². The molecular formula is C16H21N3O2. The monoisotopic (exact) mass is 287 g/mol. The second kappa shape index (κ2) is 7.21. The van der Waals surface area contributed by atoms with Gasteiger partial charge in [-0.1, -0.05) is 6.07 Å². The number of methoxy groups -OCH3 is 1. The Labute approximate surface area is 125 Å². The normalized spacial score (nSPS) is 18.0. The molecule has 1 N–H and O–H groups in total. The summed E-state index contributed by atoms with van der Waals surface area (Å²) in [4.78, 5) is 14.5. The molecule has 2 rings (SSSR count). The Hall–Kier alpha value is -1.90. The van der Waals surface area contributed by atoms with Crippen LogP contribution in [0.5, 0.6) is 0 Å². The molecule has 1 fully saturated rings. The lowest BCUT2D eigenvalue weighted by molar-refractivity contribution is -0.121. The molecule has 0 spiro atoms. The molecule has 1 aliphatic heterocycles. The fraction of sp³-hybridized carbons (Fsp3) is 0.500. The Kier molecular flexibility index (Phi) is 5.32. The van der Waals surface area contributed by atoms with Crippen molar-refractivity contribution in [2.24, 2.45) is 0 Å². The van der Waals surface area contributed by atoms with Gasteiger partial charge in [0.2, 0.25) is 5.91 Å². The van der Waals surface area contributed by atoms with Crippen LogP contribution in [0.1, 0.15) is 25.3 Å². The highest BCUT2D eigenvalue weighted by Gasteiger charge is 2.26. The summed E-state index contributed by atoms with van der Waals surface area (Å²) in [5.74, 6) is -0.0408. The summed E-state index contributed by atoms with van der Waals surface area (Å²) in [5, 5.41) is 11.8. The van der Waals surface area contributed by atoms with E-state index in [0.717, 1.165) is 25.9 Å². The van der Waals surface area contributed by atoms with E-state index in [-0.39, 0.29) is 11.9 Å². The van der Waals surface area contributed by atoms with Crippen LogP contribution in [0.3, 0.4) is 0 Å². The standard InChI is InChI=1S/C16H21N3O2/c1-12(19-8-6-15(21-2)7-9-19)16(20)18-14-5-3-4-13(10-14)11-17/h3-5,10,12,15H,6-9H2,1-2H3,(H,18,20). The van der Waals surface area contributed by atoms with Gasteiger partial charge in [0.1, 0.15) is 0 Å². The van der Waals surface area contributed by atoms with Crippen LogP contribution in [0.2, 0.25) is 0 Å². The van der Waals surface area contributed by atoms with Gasteiger partial charge < -0.3 is 10.1 Å². The number of nitriles is 1. The lowest BCUT2D eigenvalue weighted by atomic mass is 10.1. The van der Waals surface area contributed by atoms with Crippen LogP contribution >= 0.6 is 0 Å². The number of nitrogens with one attached hydrogen (secondary N) is 1. The molecule has 1 saturated heterocycles. The fourth-order valence-electron chi connectivity index (χ4n) is 2.58. The number of carbonyl (C=O) groups is 1. The molecule has 1 atom stereocenters. The Bertz CT molecular complexity index is 531. The lowest BCUT2D eigenvalue weighted by Gasteiger charge is -2.34. The van der Waals surface area contributed by atoms with E-state index < -0.39 is 0 Å². The molecule has 1 unspecified atom stereocenters. The zero-order chi connectivity index (χ0) is 15.2. The zero-order valence-corrected chi connectivity index (χ0v) is 12.5. The van der Waals surface area contributed by atoms with Crippen molar-refractivity contribution in [3.05, 3.63) is 29.8 Å². The molecule has 0 radical (unpaired) electrons. The Morgan fingerprint density at radius 3 is 2.81 bits per heavy atom. The van der Waals surface area contributed by atoms with E-state index in [1.165, 1.54) is 0 Å². The molecule has 1 amide bonds. The minimum absolute atomic E-state index is 0.0408. The number of hydrogen-bond acceptors (Lipinski definition) is 4. The summed E-state index contributed by atoms with van der Waals surface area (Å²) < 4.78 is 5.34. The number of ether oxygens (including phenoxy) is 1. The number of likely N-dealkylation sites (tertiary alicyclic amines) is 1. The van der Waals surface area contributed by atoms with Crippen molar-refractivity contribution in [2.75, 3.05) is 25.5 Å². The third-order valence-electron chi connectivity index (χ3n) is 4.00. The Morgan fingerprint density at radius 1 is 1.48 bits per heavy atom. The number of amides is 1. The minimum Gasteiger partial charge on any atom is -0.381 e. The van der Waals surface area contributed by atoms with Crippen molar-refractivity contribution in [1.82, 2.24) is 4.90 Å². The molecule has 0 bridgehead atoms. The molecule has 1 aromatic rings. The molecule has 5 heteroatoms. The van der Waals surface area contributed by atoms with E-state index in [2.05, 4.69) is 16.3 Å². The SMILES string of the molecule is COC1CCN(C(C)C(=O)Nc2cccc(C#N)c2)CC1. The summed E-state index contributed by atoms with van der Waals surface area (Å²) in [5.41, 5.74) is 1.21. The molecule has 0 aliphatic carbocycles. The molecule has 1 heterocycles. The van der Waals surface area contributed by atoms with Crippen molar-refractivity contribution in [2.45, 2.75) is 31.9 Å². The Morgan fingerprint density at radius 2 is 2.19 bits per heavy atom. The molecular weight excluding hydrogens is 266 g/mol. The van der Waals surface area contributed by atoms with Gasteiger partial charge in [0, 0.05) is 25.9 Å². The van der Waals surface area contributed by atoms with Crippen molar-refractivity contribution < 1.29 is 9.53 Å². The highest BCUT2D eigenvalue weighted by molar-refractivity contribution is 5.94. The topological polar surface area (TPSA) is 65.4 Å². The third-order valence-corrected chi connectivity index (χ3v) is 4.00. The number of piperidine rings is 1. The average molecular weight is 287 g/mol. The van der Waals surface area contributed by atoms with E-state index in [1.54, 1.807) is 31.4 Å². The number of rotatable bonds is 4. The highest BCUT2D eigenvalue weighted by Crippen LogP contribution is 2.17. The van der Waals surface area contributed by atoms with Gasteiger partial charge in [-0.15, -0.1) is 0 Å². The first kappa shape index (κ1) is 15.5. The number of hydrogen-bond donors (Lipinski definition) is 1. The quantitative estimate of drug-likeness (QED) is 0.920. The van der Waals surface area contributed by atoms with Crippen LogP contribution < -0.4 is 5.32 Å². The van der Waals surface area contributed by atoms with Gasteiger partial charge in [-0.3, -0.25) is 9.69 Å². The van der Waals surface area contributed by atoms with Crippen molar-refractivity contribution in [3.63, 3.8) is 0 Å². The number of nitrogens with zero attached hydrogens (tertiary/aromatic N) is 2. The van der Waals surface area contributed by atoms with Crippen LogP contribution in [-0.2, 0) is 9.53 Å². The Balaban J connectivity index is 1.92. The third kappa shape index (κ3) is 4.03. The van der Waals surface area contributed by atoms with Gasteiger partial charge in [0.05, 0.1) is 23.8 Å². The second-order valence-electron chi connectivity index (χ2n) is 5.33. The summed E-state index contributed by atoms with van der Waals surface area (Å²) in [6.07, 6.45) is 2.22. The molecule has 0 saturated carbocycles. The van der Waals surface area contributed by atoms with Crippen LogP contribution in [0.15, 0.2) is 24.3 Å². The predicted molar refractivity (Wildman–Crippen MR) is 80.9 cm³/mol. The first-order valence-electron chi connectivity index (χ1n) is 7.22. The van der Waals surface area contributed by atoms with E-state index in [0.29, 0.717) is 17.4 Å². The van der Waals surface area contributed by atoms with Crippen LogP contribution in [0.25, 0.3) is 0 Å². The molecule has 1 aromatic carbocycles. The van der Waals surface area contributed by atoms with E-state index in [9.17, 15) is 4.79 Å². The van der Waals surface area contributed by atoms with Crippen molar-refractivity contribution in [1.29, 1.82) is 5.26 Å². The zero-order valence-electron chi connectivity index (χ0n) is 12.5. The molecule has 0 aromatic heterocycles. The van der Waals surface area contributed by atoms with E-state index >= 15 is 0 Å². The molecule has 5 nitrogen and oxygen atoms in total.